The summed E-state index contributed by atoms with van der Waals surface area (Å²) in [5, 5.41) is 18.5. The Kier molecular flexibility index (Phi) is 3.92. The summed E-state index contributed by atoms with van der Waals surface area (Å²) in [4.78, 5) is 28.7. The quantitative estimate of drug-likeness (QED) is 0.656. The molecular weight excluding hydrogens is 300 g/mol. The fourth-order valence-electron chi connectivity index (χ4n) is 2.49. The van der Waals surface area contributed by atoms with Crippen LogP contribution in [0.25, 0.3) is 0 Å². The summed E-state index contributed by atoms with van der Waals surface area (Å²) in [6, 6.07) is 6.51. The van der Waals surface area contributed by atoms with Gasteiger partial charge in [-0.2, -0.15) is 0 Å². The van der Waals surface area contributed by atoms with Gasteiger partial charge in [0.25, 0.3) is 11.2 Å². The lowest BCUT2D eigenvalue weighted by molar-refractivity contribution is -0.384. The third-order valence-electron chi connectivity index (χ3n) is 3.85. The first-order valence-corrected chi connectivity index (χ1v) is 7.22. The van der Waals surface area contributed by atoms with Crippen molar-refractivity contribution < 1.29 is 4.92 Å². The maximum atomic E-state index is 11.6. The molecule has 0 unspecified atom stereocenters. The summed E-state index contributed by atoms with van der Waals surface area (Å²) in [7, 11) is 0. The molecule has 0 radical (unpaired) electrons. The molecule has 0 spiro atoms. The van der Waals surface area contributed by atoms with Crippen molar-refractivity contribution in [1.82, 2.24) is 15.2 Å². The van der Waals surface area contributed by atoms with Crippen LogP contribution in [0, 0.1) is 17.0 Å². The summed E-state index contributed by atoms with van der Waals surface area (Å²) in [6.07, 6.45) is 0. The van der Waals surface area contributed by atoms with E-state index in [2.05, 4.69) is 20.1 Å². The fourth-order valence-corrected chi connectivity index (χ4v) is 2.49. The first-order valence-electron chi connectivity index (χ1n) is 7.22. The van der Waals surface area contributed by atoms with Crippen LogP contribution in [-0.2, 0) is 0 Å². The zero-order valence-electron chi connectivity index (χ0n) is 12.6. The largest absolute Gasteiger partial charge is 0.368 e. The van der Waals surface area contributed by atoms with Crippen molar-refractivity contribution in [3.8, 4) is 0 Å². The Morgan fingerprint density at radius 3 is 2.26 bits per heavy atom. The van der Waals surface area contributed by atoms with E-state index in [1.165, 1.54) is 12.1 Å². The van der Waals surface area contributed by atoms with Gasteiger partial charge in [-0.1, -0.05) is 0 Å². The van der Waals surface area contributed by atoms with Crippen LogP contribution in [0.1, 0.15) is 5.69 Å². The van der Waals surface area contributed by atoms with E-state index in [4.69, 9.17) is 0 Å². The van der Waals surface area contributed by atoms with Crippen molar-refractivity contribution in [3.05, 3.63) is 50.4 Å². The van der Waals surface area contributed by atoms with Gasteiger partial charge in [-0.3, -0.25) is 19.9 Å². The van der Waals surface area contributed by atoms with Gasteiger partial charge in [-0.25, -0.2) is 0 Å². The summed E-state index contributed by atoms with van der Waals surface area (Å²) < 4.78 is 0. The summed E-state index contributed by atoms with van der Waals surface area (Å²) in [5.41, 5.74) is 1.14. The van der Waals surface area contributed by atoms with Crippen molar-refractivity contribution in [3.63, 3.8) is 0 Å². The smallest absolute Gasteiger partial charge is 0.273 e. The molecule has 0 amide bonds. The van der Waals surface area contributed by atoms with Gasteiger partial charge in [0.2, 0.25) is 5.95 Å². The first-order chi connectivity index (χ1) is 11.0. The number of nitro benzene ring substituents is 1. The Morgan fingerprint density at radius 1 is 1.09 bits per heavy atom. The van der Waals surface area contributed by atoms with Crippen LogP contribution in [0.5, 0.6) is 0 Å². The third kappa shape index (κ3) is 3.12. The fraction of sp³-hybridized carbons (Fsp3) is 0.357. The van der Waals surface area contributed by atoms with E-state index in [1.807, 2.05) is 4.90 Å². The van der Waals surface area contributed by atoms with Gasteiger partial charge in [0.15, 0.2) is 0 Å². The number of non-ortho nitro benzene ring substituents is 1. The van der Waals surface area contributed by atoms with Crippen molar-refractivity contribution >= 4 is 17.3 Å². The topological polar surface area (TPSA) is 108 Å². The molecule has 1 saturated heterocycles. The van der Waals surface area contributed by atoms with E-state index < -0.39 is 4.92 Å². The molecular formula is C14H16N6O3. The molecule has 1 aromatic carbocycles. The summed E-state index contributed by atoms with van der Waals surface area (Å²) >= 11 is 0. The molecule has 1 aliphatic heterocycles. The standard InChI is InChI=1S/C14H16N6O3/c1-10-13(21)15-14(17-16-10)19-8-6-18(7-9-19)11-2-4-12(5-3-11)20(22)23/h2-5H,6-9H2,1H3,(H,15,17,21). The second kappa shape index (κ2) is 6.03. The highest BCUT2D eigenvalue weighted by Gasteiger charge is 2.20. The van der Waals surface area contributed by atoms with Gasteiger partial charge in [0.05, 0.1) is 4.92 Å². The molecule has 1 fully saturated rings. The second-order valence-electron chi connectivity index (χ2n) is 5.31. The average molecular weight is 316 g/mol. The highest BCUT2D eigenvalue weighted by atomic mass is 16.6. The molecule has 2 aromatic rings. The Morgan fingerprint density at radius 2 is 1.70 bits per heavy atom. The molecule has 2 heterocycles. The first kappa shape index (κ1) is 14.9. The highest BCUT2D eigenvalue weighted by Crippen LogP contribution is 2.21. The molecule has 1 aliphatic rings. The van der Waals surface area contributed by atoms with Crippen molar-refractivity contribution in [2.24, 2.45) is 0 Å². The molecule has 9 nitrogen and oxygen atoms in total. The number of piperazine rings is 1. The molecule has 23 heavy (non-hydrogen) atoms. The van der Waals surface area contributed by atoms with Crippen molar-refractivity contribution in [1.29, 1.82) is 0 Å². The monoisotopic (exact) mass is 316 g/mol. The minimum absolute atomic E-state index is 0.0832. The number of nitro groups is 1. The number of hydrogen-bond donors (Lipinski definition) is 1. The number of rotatable bonds is 3. The van der Waals surface area contributed by atoms with Crippen LogP contribution < -0.4 is 15.4 Å². The molecule has 3 rings (SSSR count). The van der Waals surface area contributed by atoms with Crippen LogP contribution in [0.3, 0.4) is 0 Å². The minimum atomic E-state index is -0.409. The van der Waals surface area contributed by atoms with E-state index in [9.17, 15) is 14.9 Å². The number of aryl methyl sites for hydroxylation is 1. The van der Waals surface area contributed by atoms with Gasteiger partial charge >= 0.3 is 0 Å². The van der Waals surface area contributed by atoms with Gasteiger partial charge in [0.1, 0.15) is 5.69 Å². The number of hydrogen-bond acceptors (Lipinski definition) is 7. The van der Waals surface area contributed by atoms with Crippen LogP contribution >= 0.6 is 0 Å². The lowest BCUT2D eigenvalue weighted by atomic mass is 10.2. The number of benzene rings is 1. The maximum absolute atomic E-state index is 11.6. The Bertz CT molecular complexity index is 765. The molecule has 1 N–H and O–H groups in total. The van der Waals surface area contributed by atoms with Gasteiger partial charge in [0, 0.05) is 44.0 Å². The number of nitrogens with one attached hydrogen (secondary N) is 1. The summed E-state index contributed by atoms with van der Waals surface area (Å²) in [5.74, 6) is 0.476. The summed E-state index contributed by atoms with van der Waals surface area (Å²) in [6.45, 7) is 4.45. The van der Waals surface area contributed by atoms with Crippen LogP contribution in [0.2, 0.25) is 0 Å². The minimum Gasteiger partial charge on any atom is -0.368 e. The van der Waals surface area contributed by atoms with Gasteiger partial charge in [-0.05, 0) is 19.1 Å². The number of H-pyrrole nitrogens is 1. The molecule has 9 heteroatoms. The van der Waals surface area contributed by atoms with Gasteiger partial charge < -0.3 is 9.80 Å². The lowest BCUT2D eigenvalue weighted by Crippen LogP contribution is -2.47. The predicted octanol–water partition coefficient (Wildman–Crippen LogP) is 0.708. The average Bonchev–Trinajstić information content (AvgIpc) is 2.57. The van der Waals surface area contributed by atoms with Crippen molar-refractivity contribution in [2.45, 2.75) is 6.92 Å². The number of anilines is 2. The molecule has 0 atom stereocenters. The Balaban J connectivity index is 1.67. The maximum Gasteiger partial charge on any atom is 0.273 e. The van der Waals surface area contributed by atoms with E-state index in [1.54, 1.807) is 19.1 Å². The lowest BCUT2D eigenvalue weighted by Gasteiger charge is -2.36. The molecule has 0 saturated carbocycles. The molecule has 0 aliphatic carbocycles. The highest BCUT2D eigenvalue weighted by molar-refractivity contribution is 5.52. The predicted molar refractivity (Wildman–Crippen MR) is 84.9 cm³/mol. The molecule has 0 bridgehead atoms. The number of aromatic amines is 1. The van der Waals surface area contributed by atoms with E-state index >= 15 is 0 Å². The Labute approximate surface area is 131 Å². The van der Waals surface area contributed by atoms with E-state index in [0.29, 0.717) is 24.7 Å². The zero-order chi connectivity index (χ0) is 16.4. The van der Waals surface area contributed by atoms with E-state index in [-0.39, 0.29) is 11.2 Å². The number of nitrogens with zero attached hydrogens (tertiary/aromatic N) is 5. The third-order valence-corrected chi connectivity index (χ3v) is 3.85. The molecule has 120 valence electrons. The van der Waals surface area contributed by atoms with Gasteiger partial charge in [-0.15, -0.1) is 10.2 Å². The SMILES string of the molecule is Cc1nnc(N2CCN(c3ccc([N+](=O)[O-])cc3)CC2)[nH]c1=O. The zero-order valence-corrected chi connectivity index (χ0v) is 12.6. The van der Waals surface area contributed by atoms with Crippen LogP contribution in [-0.4, -0.2) is 46.3 Å². The van der Waals surface area contributed by atoms with E-state index in [0.717, 1.165) is 18.8 Å². The van der Waals surface area contributed by atoms with Crippen LogP contribution in [0.4, 0.5) is 17.3 Å². The van der Waals surface area contributed by atoms with Crippen LogP contribution in [0.15, 0.2) is 29.1 Å². The molecule has 1 aromatic heterocycles. The number of aromatic nitrogens is 3. The van der Waals surface area contributed by atoms with Crippen molar-refractivity contribution in [2.75, 3.05) is 36.0 Å². The second-order valence-corrected chi connectivity index (χ2v) is 5.31. The Hall–Kier alpha value is -2.97. The normalized spacial score (nSPS) is 14.8.